The highest BCUT2D eigenvalue weighted by atomic mass is 35.5. The van der Waals surface area contributed by atoms with E-state index in [1.54, 1.807) is 4.90 Å². The van der Waals surface area contributed by atoms with Gasteiger partial charge in [0.25, 0.3) is 5.91 Å². The summed E-state index contributed by atoms with van der Waals surface area (Å²) in [6.07, 6.45) is 2.94. The van der Waals surface area contributed by atoms with Crippen molar-refractivity contribution in [3.8, 4) is 5.75 Å². The van der Waals surface area contributed by atoms with Gasteiger partial charge in [-0.25, -0.2) is 0 Å². The van der Waals surface area contributed by atoms with E-state index in [1.807, 2.05) is 43.4 Å². The number of likely N-dealkylation sites (tertiary alicyclic amines) is 1. The quantitative estimate of drug-likeness (QED) is 0.730. The molecule has 1 amide bonds. The molecule has 1 saturated heterocycles. The number of likely N-dealkylation sites (N-methyl/N-ethyl adjacent to an activating group) is 1. The van der Waals surface area contributed by atoms with Crippen LogP contribution in [0.2, 0.25) is 5.02 Å². The van der Waals surface area contributed by atoms with Crippen molar-refractivity contribution in [2.24, 2.45) is 0 Å². The molecule has 0 radical (unpaired) electrons. The maximum absolute atomic E-state index is 12.9. The number of benzene rings is 2. The van der Waals surface area contributed by atoms with E-state index in [1.165, 1.54) is 0 Å². The van der Waals surface area contributed by atoms with E-state index in [-0.39, 0.29) is 24.7 Å². The normalized spacial score (nSPS) is 23.5. The van der Waals surface area contributed by atoms with Crippen LogP contribution in [0.5, 0.6) is 5.75 Å². The largest absolute Gasteiger partial charge is 0.483 e. The van der Waals surface area contributed by atoms with Crippen molar-refractivity contribution in [1.82, 2.24) is 9.80 Å². The lowest BCUT2D eigenvalue weighted by atomic mass is 10.1. The van der Waals surface area contributed by atoms with Gasteiger partial charge in [-0.05, 0) is 42.5 Å². The van der Waals surface area contributed by atoms with Crippen LogP contribution >= 0.6 is 11.6 Å². The first-order valence-corrected chi connectivity index (χ1v) is 11.0. The lowest BCUT2D eigenvalue weighted by Gasteiger charge is -2.29. The van der Waals surface area contributed by atoms with Gasteiger partial charge in [0, 0.05) is 38.3 Å². The lowest BCUT2D eigenvalue weighted by molar-refractivity contribution is -0.136. The van der Waals surface area contributed by atoms with E-state index in [0.29, 0.717) is 6.61 Å². The number of rotatable bonds is 2. The average molecular weight is 429 g/mol. The Morgan fingerprint density at radius 2 is 1.87 bits per heavy atom. The molecule has 0 saturated carbocycles. The Hall–Kier alpha value is -2.08. The Kier molecular flexibility index (Phi) is 6.93. The zero-order chi connectivity index (χ0) is 20.9. The first-order chi connectivity index (χ1) is 14.6. The molecule has 2 atom stereocenters. The van der Waals surface area contributed by atoms with E-state index < -0.39 is 0 Å². The molecule has 6 heteroatoms. The molecule has 0 spiro atoms. The number of fused-ring (bicyclic) bond motifs is 2. The monoisotopic (exact) mass is 428 g/mol. The van der Waals surface area contributed by atoms with E-state index in [9.17, 15) is 4.79 Å². The molecule has 5 nitrogen and oxygen atoms in total. The number of hydrogen-bond acceptors (Lipinski definition) is 4. The molecular formula is C24H29ClN2O3. The fourth-order valence-corrected chi connectivity index (χ4v) is 4.49. The van der Waals surface area contributed by atoms with Crippen LogP contribution in [0, 0.1) is 0 Å². The van der Waals surface area contributed by atoms with Gasteiger partial charge in [-0.1, -0.05) is 48.0 Å². The summed E-state index contributed by atoms with van der Waals surface area (Å²) in [6.45, 7) is 3.04. The topological polar surface area (TPSA) is 42.0 Å². The summed E-state index contributed by atoms with van der Waals surface area (Å²) < 4.78 is 12.2. The van der Waals surface area contributed by atoms with Gasteiger partial charge in [0.2, 0.25) is 0 Å². The molecule has 160 valence electrons. The van der Waals surface area contributed by atoms with Gasteiger partial charge in [0.1, 0.15) is 5.75 Å². The molecule has 0 bridgehead atoms. The summed E-state index contributed by atoms with van der Waals surface area (Å²) in [6, 6.07) is 15.9. The fourth-order valence-electron chi connectivity index (χ4n) is 4.29. The van der Waals surface area contributed by atoms with Gasteiger partial charge in [-0.2, -0.15) is 0 Å². The van der Waals surface area contributed by atoms with Crippen molar-refractivity contribution in [2.45, 2.75) is 38.0 Å². The molecule has 0 aromatic heterocycles. The molecule has 0 aliphatic carbocycles. The van der Waals surface area contributed by atoms with Gasteiger partial charge in [0.15, 0.2) is 6.61 Å². The van der Waals surface area contributed by atoms with Crippen molar-refractivity contribution < 1.29 is 14.3 Å². The average Bonchev–Trinajstić information content (AvgIpc) is 3.15. The maximum Gasteiger partial charge on any atom is 0.260 e. The zero-order valence-corrected chi connectivity index (χ0v) is 18.2. The molecule has 30 heavy (non-hydrogen) atoms. The van der Waals surface area contributed by atoms with Crippen LogP contribution in [0.3, 0.4) is 0 Å². The highest BCUT2D eigenvalue weighted by Crippen LogP contribution is 2.25. The van der Waals surface area contributed by atoms with E-state index >= 15 is 0 Å². The Morgan fingerprint density at radius 1 is 1.07 bits per heavy atom. The van der Waals surface area contributed by atoms with Crippen molar-refractivity contribution in [1.29, 1.82) is 0 Å². The van der Waals surface area contributed by atoms with Gasteiger partial charge in [-0.3, -0.25) is 9.69 Å². The Balaban J connectivity index is 1.47. The number of hydrogen-bond donors (Lipinski definition) is 0. The molecule has 0 N–H and O–H groups in total. The highest BCUT2D eigenvalue weighted by Gasteiger charge is 2.38. The lowest BCUT2D eigenvalue weighted by Crippen LogP contribution is -2.47. The number of carbonyl (C=O) groups excluding carboxylic acids is 1. The van der Waals surface area contributed by atoms with E-state index in [4.69, 9.17) is 21.1 Å². The standard InChI is InChI=1S/C24H29ClN2O3/c1-26-21-15-27(14-19-10-2-4-11-20(19)25)16-23(21)29-13-7-6-9-18-8-3-5-12-22(18)30-17-24(26)28/h2-5,8,10-12,21,23H,6-7,9,13-17H2,1H3/t21-,23-/m0/s1. The predicted molar refractivity (Wildman–Crippen MR) is 118 cm³/mol. The number of nitrogens with zero attached hydrogens (tertiary/aromatic N) is 2. The molecule has 2 heterocycles. The summed E-state index contributed by atoms with van der Waals surface area (Å²) in [4.78, 5) is 17.0. The van der Waals surface area contributed by atoms with Crippen LogP contribution in [0.1, 0.15) is 24.0 Å². The first-order valence-electron chi connectivity index (χ1n) is 10.7. The van der Waals surface area contributed by atoms with Crippen LogP contribution in [-0.4, -0.2) is 61.2 Å². The maximum atomic E-state index is 12.9. The van der Waals surface area contributed by atoms with Crippen LogP contribution in [-0.2, 0) is 22.5 Å². The summed E-state index contributed by atoms with van der Waals surface area (Å²) in [5.74, 6) is 0.782. The summed E-state index contributed by atoms with van der Waals surface area (Å²) in [7, 11) is 1.86. The second kappa shape index (κ2) is 9.82. The van der Waals surface area contributed by atoms with E-state index in [0.717, 1.165) is 60.8 Å². The molecule has 2 aromatic carbocycles. The number of amides is 1. The first kappa shape index (κ1) is 21.2. The smallest absolute Gasteiger partial charge is 0.260 e. The fraction of sp³-hybridized carbons (Fsp3) is 0.458. The summed E-state index contributed by atoms with van der Waals surface area (Å²) in [5, 5.41) is 0.775. The number of ether oxygens (including phenoxy) is 2. The minimum Gasteiger partial charge on any atom is -0.483 e. The van der Waals surface area contributed by atoms with Crippen LogP contribution in [0.4, 0.5) is 0 Å². The molecule has 2 aliphatic heterocycles. The van der Waals surface area contributed by atoms with Crippen molar-refractivity contribution >= 4 is 17.5 Å². The van der Waals surface area contributed by atoms with E-state index in [2.05, 4.69) is 17.0 Å². The minimum absolute atomic E-state index is 0.000385. The minimum atomic E-state index is -0.0257. The predicted octanol–water partition coefficient (Wildman–Crippen LogP) is 3.78. The van der Waals surface area contributed by atoms with Gasteiger partial charge in [0.05, 0.1) is 12.1 Å². The van der Waals surface area contributed by atoms with Crippen LogP contribution < -0.4 is 4.74 Å². The van der Waals surface area contributed by atoms with Gasteiger partial charge >= 0.3 is 0 Å². The Bertz CT molecular complexity index is 875. The van der Waals surface area contributed by atoms with Crippen molar-refractivity contribution in [3.63, 3.8) is 0 Å². The molecule has 2 aliphatic rings. The third kappa shape index (κ3) is 4.97. The molecular weight excluding hydrogens is 400 g/mol. The second-order valence-electron chi connectivity index (χ2n) is 8.12. The Labute approximate surface area is 183 Å². The number of aryl methyl sites for hydroxylation is 1. The molecule has 0 unspecified atom stereocenters. The molecule has 4 rings (SSSR count). The number of halogens is 1. The molecule has 1 fully saturated rings. The summed E-state index contributed by atoms with van der Waals surface area (Å²) >= 11 is 6.36. The van der Waals surface area contributed by atoms with Crippen molar-refractivity contribution in [2.75, 3.05) is 33.4 Å². The highest BCUT2D eigenvalue weighted by molar-refractivity contribution is 6.31. The molecule has 2 aromatic rings. The van der Waals surface area contributed by atoms with Gasteiger partial charge in [-0.15, -0.1) is 0 Å². The second-order valence-corrected chi connectivity index (χ2v) is 8.53. The SMILES string of the molecule is CN1C(=O)COc2ccccc2CCCCO[C@H]2CN(Cc3ccccc3Cl)C[C@@H]21. The number of para-hydroxylation sites is 1. The van der Waals surface area contributed by atoms with Crippen LogP contribution in [0.15, 0.2) is 48.5 Å². The van der Waals surface area contributed by atoms with Gasteiger partial charge < -0.3 is 14.4 Å². The third-order valence-electron chi connectivity index (χ3n) is 6.05. The van der Waals surface area contributed by atoms with Crippen molar-refractivity contribution in [3.05, 3.63) is 64.7 Å². The van der Waals surface area contributed by atoms with Crippen LogP contribution in [0.25, 0.3) is 0 Å². The Morgan fingerprint density at radius 3 is 2.73 bits per heavy atom. The summed E-state index contributed by atoms with van der Waals surface area (Å²) in [5.41, 5.74) is 2.25. The zero-order valence-electron chi connectivity index (χ0n) is 17.4. The number of carbonyl (C=O) groups is 1. The third-order valence-corrected chi connectivity index (χ3v) is 6.42.